The van der Waals surface area contributed by atoms with Crippen molar-refractivity contribution in [1.29, 1.82) is 0 Å². The summed E-state index contributed by atoms with van der Waals surface area (Å²) in [6.45, 7) is 0. The van der Waals surface area contributed by atoms with Crippen LogP contribution in [0.15, 0.2) is 58.5 Å². The first-order valence-corrected chi connectivity index (χ1v) is 9.27. The van der Waals surface area contributed by atoms with E-state index in [-0.39, 0.29) is 16.6 Å². The van der Waals surface area contributed by atoms with Gasteiger partial charge in [-0.05, 0) is 37.0 Å². The lowest BCUT2D eigenvalue weighted by Crippen LogP contribution is -2.23. The van der Waals surface area contributed by atoms with Crippen molar-refractivity contribution in [2.75, 3.05) is 0 Å². The second kappa shape index (κ2) is 6.48. The highest BCUT2D eigenvalue weighted by atomic mass is 32.2. The number of nitrogens with zero attached hydrogens (tertiary/aromatic N) is 2. The van der Waals surface area contributed by atoms with Crippen LogP contribution in [0.25, 0.3) is 10.9 Å². The lowest BCUT2D eigenvalue weighted by Gasteiger charge is -2.15. The van der Waals surface area contributed by atoms with Crippen molar-refractivity contribution in [2.45, 2.75) is 29.7 Å². The largest absolute Gasteiger partial charge is 0.293 e. The van der Waals surface area contributed by atoms with E-state index in [0.29, 0.717) is 16.1 Å². The maximum Gasteiger partial charge on any atom is 0.261 e. The summed E-state index contributed by atoms with van der Waals surface area (Å²) in [5, 5.41) is 0.997. The molecule has 0 spiro atoms. The first-order valence-electron chi connectivity index (χ1n) is 8.39. The van der Waals surface area contributed by atoms with Crippen LogP contribution in [0.1, 0.15) is 28.8 Å². The van der Waals surface area contributed by atoms with E-state index in [0.717, 1.165) is 30.4 Å². The Morgan fingerprint density at radius 2 is 1.84 bits per heavy atom. The highest BCUT2D eigenvalue weighted by Crippen LogP contribution is 2.31. The van der Waals surface area contributed by atoms with Crippen LogP contribution >= 0.6 is 11.8 Å². The molecule has 0 radical (unpaired) electrons. The number of hydrogen-bond donors (Lipinski definition) is 0. The van der Waals surface area contributed by atoms with Crippen LogP contribution in [0.5, 0.6) is 0 Å². The molecule has 0 bridgehead atoms. The fourth-order valence-electron chi connectivity index (χ4n) is 3.30. The monoisotopic (exact) mass is 350 g/mol. The van der Waals surface area contributed by atoms with Crippen molar-refractivity contribution < 1.29 is 4.79 Å². The molecule has 1 unspecified atom stereocenters. The van der Waals surface area contributed by atoms with Gasteiger partial charge in [0.2, 0.25) is 0 Å². The number of para-hydroxylation sites is 1. The highest BCUT2D eigenvalue weighted by molar-refractivity contribution is 8.00. The number of thioether (sulfide) groups is 1. The predicted molar refractivity (Wildman–Crippen MR) is 100 cm³/mol. The normalized spacial score (nSPS) is 17.3. The summed E-state index contributed by atoms with van der Waals surface area (Å²) < 4.78 is 1.55. The molecular weight excluding hydrogens is 332 g/mol. The molecule has 0 saturated carbocycles. The van der Waals surface area contributed by atoms with Crippen molar-refractivity contribution in [3.05, 3.63) is 70.0 Å². The first kappa shape index (κ1) is 16.1. The van der Waals surface area contributed by atoms with Crippen LogP contribution in [0.2, 0.25) is 0 Å². The zero-order valence-electron chi connectivity index (χ0n) is 13.9. The van der Waals surface area contributed by atoms with E-state index in [9.17, 15) is 9.59 Å². The average Bonchev–Trinajstić information content (AvgIpc) is 2.79. The van der Waals surface area contributed by atoms with E-state index >= 15 is 0 Å². The minimum atomic E-state index is -0.206. The molecule has 1 atom stereocenters. The Bertz CT molecular complexity index is 1030. The van der Waals surface area contributed by atoms with Gasteiger partial charge in [0.15, 0.2) is 10.9 Å². The quantitative estimate of drug-likeness (QED) is 0.523. The number of carbonyl (C=O) groups excluding carboxylic acids is 1. The Morgan fingerprint density at radius 3 is 2.72 bits per heavy atom. The lowest BCUT2D eigenvalue weighted by molar-refractivity contribution is 0.0988. The molecule has 2 aromatic carbocycles. The summed E-state index contributed by atoms with van der Waals surface area (Å²) in [6.07, 6.45) is 2.67. The van der Waals surface area contributed by atoms with Gasteiger partial charge >= 0.3 is 0 Å². The van der Waals surface area contributed by atoms with Gasteiger partial charge in [-0.25, -0.2) is 4.98 Å². The van der Waals surface area contributed by atoms with Gasteiger partial charge in [-0.1, -0.05) is 48.2 Å². The Kier molecular flexibility index (Phi) is 4.17. The van der Waals surface area contributed by atoms with Crippen molar-refractivity contribution in [3.63, 3.8) is 0 Å². The van der Waals surface area contributed by atoms with Crippen molar-refractivity contribution in [2.24, 2.45) is 7.05 Å². The van der Waals surface area contributed by atoms with Gasteiger partial charge in [0, 0.05) is 12.6 Å². The zero-order chi connectivity index (χ0) is 17.4. The minimum Gasteiger partial charge on any atom is -0.293 e. The first-order chi connectivity index (χ1) is 12.1. The molecule has 1 aliphatic carbocycles. The SMILES string of the molecule is Cn1c(SC2CCCc3ccccc3C2=O)nc2ccccc2c1=O. The molecule has 126 valence electrons. The molecule has 3 aromatic rings. The van der Waals surface area contributed by atoms with Gasteiger partial charge in [-0.2, -0.15) is 0 Å². The molecule has 0 fully saturated rings. The fraction of sp³-hybridized carbons (Fsp3) is 0.250. The van der Waals surface area contributed by atoms with E-state index < -0.39 is 0 Å². The second-order valence-electron chi connectivity index (χ2n) is 6.30. The van der Waals surface area contributed by atoms with E-state index in [2.05, 4.69) is 4.98 Å². The summed E-state index contributed by atoms with van der Waals surface area (Å²) in [4.78, 5) is 30.2. The van der Waals surface area contributed by atoms with E-state index in [1.165, 1.54) is 11.8 Å². The molecule has 0 saturated heterocycles. The average molecular weight is 350 g/mol. The van der Waals surface area contributed by atoms with Gasteiger partial charge in [0.25, 0.3) is 5.56 Å². The van der Waals surface area contributed by atoms with E-state index in [4.69, 9.17) is 0 Å². The van der Waals surface area contributed by atoms with Crippen molar-refractivity contribution >= 4 is 28.4 Å². The molecule has 1 heterocycles. The smallest absolute Gasteiger partial charge is 0.261 e. The third-order valence-corrected chi connectivity index (χ3v) is 5.99. The number of aryl methyl sites for hydroxylation is 1. The van der Waals surface area contributed by atoms with Gasteiger partial charge < -0.3 is 0 Å². The molecule has 0 amide bonds. The molecule has 5 heteroatoms. The van der Waals surface area contributed by atoms with Crippen LogP contribution in [-0.4, -0.2) is 20.6 Å². The maximum atomic E-state index is 13.0. The van der Waals surface area contributed by atoms with Gasteiger partial charge in [0.1, 0.15) is 0 Å². The fourth-order valence-corrected chi connectivity index (χ4v) is 4.47. The Balaban J connectivity index is 1.73. The lowest BCUT2D eigenvalue weighted by atomic mass is 10.0. The van der Waals surface area contributed by atoms with Gasteiger partial charge in [-0.15, -0.1) is 0 Å². The van der Waals surface area contributed by atoms with Crippen molar-refractivity contribution in [3.8, 4) is 0 Å². The van der Waals surface area contributed by atoms with Crippen LogP contribution in [-0.2, 0) is 13.5 Å². The number of carbonyl (C=O) groups is 1. The number of hydrogen-bond acceptors (Lipinski definition) is 4. The third kappa shape index (κ3) is 2.89. The second-order valence-corrected chi connectivity index (χ2v) is 7.47. The molecule has 25 heavy (non-hydrogen) atoms. The van der Waals surface area contributed by atoms with Crippen molar-refractivity contribution in [1.82, 2.24) is 9.55 Å². The number of rotatable bonds is 2. The Labute approximate surface area is 149 Å². The molecule has 4 nitrogen and oxygen atoms in total. The van der Waals surface area contributed by atoms with Crippen LogP contribution in [0.4, 0.5) is 0 Å². The molecule has 1 aromatic heterocycles. The van der Waals surface area contributed by atoms with Crippen LogP contribution in [0.3, 0.4) is 0 Å². The Hall–Kier alpha value is -2.40. The predicted octanol–water partition coefficient (Wildman–Crippen LogP) is 3.61. The van der Waals surface area contributed by atoms with Gasteiger partial charge in [-0.3, -0.25) is 14.2 Å². The molecule has 0 aliphatic heterocycles. The Morgan fingerprint density at radius 1 is 1.08 bits per heavy atom. The molecular formula is C20H18N2O2S. The third-order valence-electron chi connectivity index (χ3n) is 4.68. The standard InChI is InChI=1S/C20H18N2O2S/c1-22-19(24)15-10-4-5-11-16(15)21-20(22)25-17-12-6-8-13-7-2-3-9-14(13)18(17)23/h2-5,7,9-11,17H,6,8,12H2,1H3. The number of benzene rings is 2. The summed E-state index contributed by atoms with van der Waals surface area (Å²) in [7, 11) is 1.72. The minimum absolute atomic E-state index is 0.0745. The molecule has 0 N–H and O–H groups in total. The maximum absolute atomic E-state index is 13.0. The van der Waals surface area contributed by atoms with Crippen LogP contribution < -0.4 is 5.56 Å². The molecule has 4 rings (SSSR count). The molecule has 1 aliphatic rings. The number of fused-ring (bicyclic) bond motifs is 2. The number of ketones is 1. The van der Waals surface area contributed by atoms with E-state index in [1.807, 2.05) is 42.5 Å². The summed E-state index contributed by atoms with van der Waals surface area (Å²) >= 11 is 1.41. The van der Waals surface area contributed by atoms with E-state index in [1.54, 1.807) is 17.7 Å². The highest BCUT2D eigenvalue weighted by Gasteiger charge is 2.27. The summed E-state index contributed by atoms with van der Waals surface area (Å²) in [6, 6.07) is 15.2. The topological polar surface area (TPSA) is 52.0 Å². The zero-order valence-corrected chi connectivity index (χ0v) is 14.8. The number of aromatic nitrogens is 2. The summed E-state index contributed by atoms with van der Waals surface area (Å²) in [5.41, 5.74) is 2.53. The van der Waals surface area contributed by atoms with Gasteiger partial charge in [0.05, 0.1) is 16.2 Å². The van der Waals surface area contributed by atoms with Crippen LogP contribution in [0, 0.1) is 0 Å². The summed E-state index contributed by atoms with van der Waals surface area (Å²) in [5.74, 6) is 0.139. The number of Topliss-reactive ketones (excluding diaryl/α,β-unsaturated/α-hetero) is 1.